The summed E-state index contributed by atoms with van der Waals surface area (Å²) in [5.41, 5.74) is 2.46. The van der Waals surface area contributed by atoms with Gasteiger partial charge in [0.05, 0.1) is 17.5 Å². The molecule has 1 amide bonds. The van der Waals surface area contributed by atoms with Crippen molar-refractivity contribution in [3.63, 3.8) is 0 Å². The van der Waals surface area contributed by atoms with Crippen LogP contribution in [0.2, 0.25) is 18.1 Å². The van der Waals surface area contributed by atoms with Gasteiger partial charge in [-0.25, -0.2) is 9.59 Å². The van der Waals surface area contributed by atoms with Crippen molar-refractivity contribution >= 4 is 31.9 Å². The zero-order valence-electron chi connectivity index (χ0n) is 21.2. The van der Waals surface area contributed by atoms with Crippen LogP contribution in [0.15, 0.2) is 29.8 Å². The van der Waals surface area contributed by atoms with Gasteiger partial charge in [-0.1, -0.05) is 45.0 Å². The summed E-state index contributed by atoms with van der Waals surface area (Å²) < 4.78 is 6.24. The number of aliphatic carboxylic acids is 2. The number of hydrogen-bond donors (Lipinski definition) is 3. The zero-order valence-corrected chi connectivity index (χ0v) is 22.2. The lowest BCUT2D eigenvalue weighted by atomic mass is 9.74. The predicted molar refractivity (Wildman–Crippen MR) is 135 cm³/mol. The van der Waals surface area contributed by atoms with Gasteiger partial charge in [0, 0.05) is 12.6 Å². The molecule has 35 heavy (non-hydrogen) atoms. The molecule has 1 fully saturated rings. The van der Waals surface area contributed by atoms with E-state index in [1.165, 1.54) is 0 Å². The summed E-state index contributed by atoms with van der Waals surface area (Å²) in [6, 6.07) is 6.21. The Kier molecular flexibility index (Phi) is 7.81. The quantitative estimate of drug-likeness (QED) is 0.333. The number of fused-ring (bicyclic) bond motifs is 2. The van der Waals surface area contributed by atoms with Gasteiger partial charge in [0.25, 0.3) is 0 Å². The SMILES string of the molecule is CC(C)(C)[Si](C)(C)OCCCc1ccc(C2=C(C(=O)O)[C@H]3C[C@H](C(=O)O)C[C@@H](C2)N3C(=O)O)cc1. The molecule has 2 aliphatic heterocycles. The highest BCUT2D eigenvalue weighted by Gasteiger charge is 2.48. The number of benzene rings is 1. The molecule has 0 radical (unpaired) electrons. The summed E-state index contributed by atoms with van der Waals surface area (Å²) in [5, 5.41) is 29.4. The fraction of sp³-hybridized carbons (Fsp3) is 0.577. The molecule has 2 heterocycles. The second-order valence-electron chi connectivity index (χ2n) is 11.2. The number of carboxylic acid groups (broad SMARTS) is 3. The zero-order chi connectivity index (χ0) is 26.1. The van der Waals surface area contributed by atoms with Crippen molar-refractivity contribution in [2.45, 2.75) is 83.1 Å². The van der Waals surface area contributed by atoms with Crippen molar-refractivity contribution in [2.75, 3.05) is 6.61 Å². The molecule has 1 aromatic carbocycles. The number of nitrogens with zero attached hydrogens (tertiary/aromatic N) is 1. The summed E-state index contributed by atoms with van der Waals surface area (Å²) in [4.78, 5) is 36.9. The minimum atomic E-state index is -1.77. The summed E-state index contributed by atoms with van der Waals surface area (Å²) in [6.45, 7) is 11.8. The molecule has 2 bridgehead atoms. The Morgan fingerprint density at radius 2 is 1.69 bits per heavy atom. The molecule has 0 unspecified atom stereocenters. The Balaban J connectivity index is 1.78. The van der Waals surface area contributed by atoms with Crippen LogP contribution in [0.1, 0.15) is 57.6 Å². The molecular formula is C26H37NO7Si. The first-order valence-electron chi connectivity index (χ1n) is 12.2. The molecule has 2 aliphatic rings. The monoisotopic (exact) mass is 503 g/mol. The topological polar surface area (TPSA) is 124 Å². The summed E-state index contributed by atoms with van der Waals surface area (Å²) in [7, 11) is -1.77. The lowest BCUT2D eigenvalue weighted by Gasteiger charge is -2.47. The maximum Gasteiger partial charge on any atom is 0.408 e. The summed E-state index contributed by atoms with van der Waals surface area (Å²) >= 11 is 0. The summed E-state index contributed by atoms with van der Waals surface area (Å²) in [5.74, 6) is -2.97. The number of carbonyl (C=O) groups is 3. The first-order valence-corrected chi connectivity index (χ1v) is 15.1. The number of aryl methyl sites for hydroxylation is 1. The van der Waals surface area contributed by atoms with Crippen LogP contribution >= 0.6 is 0 Å². The van der Waals surface area contributed by atoms with E-state index in [1.807, 2.05) is 24.3 Å². The Morgan fingerprint density at radius 1 is 1.06 bits per heavy atom. The average molecular weight is 504 g/mol. The molecule has 1 aromatic rings. The van der Waals surface area contributed by atoms with Crippen molar-refractivity contribution in [1.29, 1.82) is 0 Å². The largest absolute Gasteiger partial charge is 0.481 e. The van der Waals surface area contributed by atoms with E-state index >= 15 is 0 Å². The Labute approximate surface area is 207 Å². The first-order chi connectivity index (χ1) is 16.2. The van der Waals surface area contributed by atoms with Crippen LogP contribution in [0.4, 0.5) is 4.79 Å². The lowest BCUT2D eigenvalue weighted by molar-refractivity contribution is -0.145. The van der Waals surface area contributed by atoms with Crippen LogP contribution in [0.3, 0.4) is 0 Å². The fourth-order valence-corrected chi connectivity index (χ4v) is 5.98. The van der Waals surface area contributed by atoms with E-state index in [2.05, 4.69) is 33.9 Å². The van der Waals surface area contributed by atoms with Gasteiger partial charge >= 0.3 is 18.0 Å². The van der Waals surface area contributed by atoms with Crippen LogP contribution in [0.5, 0.6) is 0 Å². The second kappa shape index (κ2) is 10.1. The number of carboxylic acids is 2. The van der Waals surface area contributed by atoms with Crippen LogP contribution in [0.25, 0.3) is 5.57 Å². The molecule has 1 saturated heterocycles. The van der Waals surface area contributed by atoms with Gasteiger partial charge < -0.3 is 19.7 Å². The third kappa shape index (κ3) is 5.78. The highest BCUT2D eigenvalue weighted by Crippen LogP contribution is 2.44. The highest BCUT2D eigenvalue weighted by molar-refractivity contribution is 6.74. The van der Waals surface area contributed by atoms with Gasteiger partial charge in [-0.15, -0.1) is 0 Å². The smallest absolute Gasteiger partial charge is 0.408 e. The van der Waals surface area contributed by atoms with Crippen molar-refractivity contribution in [1.82, 2.24) is 4.90 Å². The first kappa shape index (κ1) is 26.9. The second-order valence-corrected chi connectivity index (χ2v) is 16.0. The van der Waals surface area contributed by atoms with E-state index in [9.17, 15) is 29.7 Å². The molecule has 192 valence electrons. The van der Waals surface area contributed by atoms with E-state index in [1.54, 1.807) is 0 Å². The fourth-order valence-electron chi connectivity index (χ4n) is 4.89. The van der Waals surface area contributed by atoms with Crippen LogP contribution in [-0.4, -0.2) is 65.3 Å². The van der Waals surface area contributed by atoms with Crippen molar-refractivity contribution < 1.29 is 34.1 Å². The van der Waals surface area contributed by atoms with Gasteiger partial charge in [-0.05, 0) is 66.9 Å². The molecule has 0 aliphatic carbocycles. The molecule has 3 N–H and O–H groups in total. The maximum absolute atomic E-state index is 12.2. The van der Waals surface area contributed by atoms with Crippen LogP contribution in [0, 0.1) is 5.92 Å². The molecule has 0 spiro atoms. The van der Waals surface area contributed by atoms with E-state index in [0.29, 0.717) is 12.2 Å². The Morgan fingerprint density at radius 3 is 2.20 bits per heavy atom. The van der Waals surface area contributed by atoms with E-state index in [-0.39, 0.29) is 29.9 Å². The minimum absolute atomic E-state index is 0.00915. The van der Waals surface area contributed by atoms with E-state index < -0.39 is 44.4 Å². The maximum atomic E-state index is 12.2. The van der Waals surface area contributed by atoms with Gasteiger partial charge in [0.2, 0.25) is 0 Å². The average Bonchev–Trinajstić information content (AvgIpc) is 2.74. The lowest BCUT2D eigenvalue weighted by Crippen LogP contribution is -2.57. The molecule has 0 aromatic heterocycles. The third-order valence-corrected chi connectivity index (χ3v) is 12.4. The number of amides is 1. The molecule has 9 heteroatoms. The van der Waals surface area contributed by atoms with Crippen LogP contribution in [-0.2, 0) is 20.4 Å². The standard InChI is InChI=1S/C26H37NO7Si/c1-26(2,3)35(4,5)34-12-6-7-16-8-10-17(11-9-16)20-15-19-13-18(23(28)29)14-21(22(20)24(30)31)27(19)25(32)33/h8-11,18-19,21H,6-7,12-15H2,1-5H3,(H,28,29)(H,30,31)(H,32,33)/t18-,19+,21-/m1/s1. The molecule has 8 nitrogen and oxygen atoms in total. The molecule has 3 atom stereocenters. The number of rotatable bonds is 8. The van der Waals surface area contributed by atoms with Gasteiger partial charge in [0.1, 0.15) is 0 Å². The van der Waals surface area contributed by atoms with Crippen molar-refractivity contribution in [3.8, 4) is 0 Å². The van der Waals surface area contributed by atoms with E-state index in [0.717, 1.165) is 28.9 Å². The van der Waals surface area contributed by atoms with Gasteiger partial charge in [-0.3, -0.25) is 9.69 Å². The normalized spacial score (nSPS) is 22.8. The number of piperidine rings is 1. The predicted octanol–water partition coefficient (Wildman–Crippen LogP) is 5.09. The Hall–Kier alpha value is -2.65. The van der Waals surface area contributed by atoms with Gasteiger partial charge in [-0.2, -0.15) is 0 Å². The number of hydrogen-bond acceptors (Lipinski definition) is 4. The molecule has 3 rings (SSSR count). The minimum Gasteiger partial charge on any atom is -0.481 e. The van der Waals surface area contributed by atoms with Crippen molar-refractivity contribution in [3.05, 3.63) is 41.0 Å². The molecule has 0 saturated carbocycles. The highest BCUT2D eigenvalue weighted by atomic mass is 28.4. The van der Waals surface area contributed by atoms with Crippen LogP contribution < -0.4 is 0 Å². The summed E-state index contributed by atoms with van der Waals surface area (Å²) in [6.07, 6.45) is 0.864. The van der Waals surface area contributed by atoms with Crippen molar-refractivity contribution in [2.24, 2.45) is 5.92 Å². The third-order valence-electron chi connectivity index (χ3n) is 7.87. The Bertz CT molecular complexity index is 1010. The van der Waals surface area contributed by atoms with Gasteiger partial charge in [0.15, 0.2) is 8.32 Å². The van der Waals surface area contributed by atoms with E-state index in [4.69, 9.17) is 4.43 Å². The molecular weight excluding hydrogens is 466 g/mol.